The van der Waals surface area contributed by atoms with Crippen LogP contribution in [0.3, 0.4) is 0 Å². The van der Waals surface area contributed by atoms with E-state index in [0.717, 1.165) is 18.3 Å². The number of aromatic nitrogens is 3. The molecule has 0 fully saturated rings. The van der Waals surface area contributed by atoms with Gasteiger partial charge < -0.3 is 20.5 Å². The van der Waals surface area contributed by atoms with Crippen LogP contribution < -0.4 is 16.0 Å². The number of hydrogen-bond donors (Lipinski definition) is 3. The van der Waals surface area contributed by atoms with Gasteiger partial charge in [-0.2, -0.15) is 13.2 Å². The quantitative estimate of drug-likeness (QED) is 0.563. The van der Waals surface area contributed by atoms with Crippen molar-refractivity contribution < 1.29 is 27.2 Å². The van der Waals surface area contributed by atoms with Gasteiger partial charge in [0.05, 0.1) is 17.8 Å². The fraction of sp³-hybridized carbons (Fsp3) is 0.222. The van der Waals surface area contributed by atoms with E-state index >= 15 is 0 Å². The monoisotopic (exact) mass is 422 g/mol. The summed E-state index contributed by atoms with van der Waals surface area (Å²) in [6.07, 6.45) is -3.61. The van der Waals surface area contributed by atoms with Crippen molar-refractivity contribution >= 4 is 34.2 Å². The highest BCUT2D eigenvalue weighted by Gasteiger charge is 2.34. The van der Waals surface area contributed by atoms with Crippen LogP contribution in [0.25, 0.3) is 10.8 Å². The van der Waals surface area contributed by atoms with Crippen molar-refractivity contribution in [3.63, 3.8) is 0 Å². The van der Waals surface area contributed by atoms with E-state index < -0.39 is 23.5 Å². The maximum atomic E-state index is 13.9. The van der Waals surface area contributed by atoms with E-state index in [-0.39, 0.29) is 47.2 Å². The predicted molar refractivity (Wildman–Crippen MR) is 97.4 cm³/mol. The topological polar surface area (TPSA) is 101 Å². The van der Waals surface area contributed by atoms with Crippen LogP contribution >= 0.6 is 0 Å². The minimum Gasteiger partial charge on any atom is -0.352 e. The van der Waals surface area contributed by atoms with E-state index in [0.29, 0.717) is 11.8 Å². The van der Waals surface area contributed by atoms with Gasteiger partial charge in [-0.05, 0) is 23.6 Å². The molecule has 3 heterocycles. The molecule has 0 spiro atoms. The molecule has 2 aromatic heterocycles. The number of pyridine rings is 1. The first kappa shape index (κ1) is 19.6. The lowest BCUT2D eigenvalue weighted by Gasteiger charge is -2.18. The van der Waals surface area contributed by atoms with E-state index in [9.17, 15) is 27.2 Å². The van der Waals surface area contributed by atoms with Crippen molar-refractivity contribution in [3.05, 3.63) is 47.3 Å². The van der Waals surface area contributed by atoms with Crippen LogP contribution in [0.4, 0.5) is 29.2 Å². The maximum Gasteiger partial charge on any atom is 0.417 e. The smallest absolute Gasteiger partial charge is 0.352 e. The number of halogens is 4. The van der Waals surface area contributed by atoms with Crippen molar-refractivity contribution in [1.29, 1.82) is 0 Å². The van der Waals surface area contributed by atoms with Crippen LogP contribution in [0.2, 0.25) is 0 Å². The second-order valence-electron chi connectivity index (χ2n) is 6.50. The fourth-order valence-electron chi connectivity index (χ4n) is 3.30. The summed E-state index contributed by atoms with van der Waals surface area (Å²) in [7, 11) is 1.40. The largest absolute Gasteiger partial charge is 0.417 e. The van der Waals surface area contributed by atoms with Crippen LogP contribution in [0.1, 0.15) is 21.9 Å². The van der Waals surface area contributed by atoms with Crippen LogP contribution in [-0.2, 0) is 24.1 Å². The number of benzene rings is 1. The molecule has 3 N–H and O–H groups in total. The number of amides is 2. The van der Waals surface area contributed by atoms with Crippen LogP contribution in [0.15, 0.2) is 24.4 Å². The number of fused-ring (bicyclic) bond motifs is 2. The summed E-state index contributed by atoms with van der Waals surface area (Å²) in [5, 5.41) is 7.46. The van der Waals surface area contributed by atoms with Crippen molar-refractivity contribution in [1.82, 2.24) is 25.2 Å². The molecule has 2 amide bonds. The second kappa shape index (κ2) is 6.97. The molecular weight excluding hydrogens is 408 g/mol. The first-order valence-electron chi connectivity index (χ1n) is 8.69. The molecule has 0 unspecified atom stereocenters. The molecule has 1 aliphatic heterocycles. The summed E-state index contributed by atoms with van der Waals surface area (Å²) in [5.74, 6) is -1.94. The highest BCUT2D eigenvalue weighted by molar-refractivity contribution is 5.96. The normalized spacial score (nSPS) is 13.7. The molecule has 0 bridgehead atoms. The summed E-state index contributed by atoms with van der Waals surface area (Å²) in [6.45, 7) is -0.110. The number of alkyl halides is 3. The summed E-state index contributed by atoms with van der Waals surface area (Å²) in [6, 6.07) is 2.50. The zero-order chi connectivity index (χ0) is 21.6. The molecule has 8 nitrogen and oxygen atoms in total. The molecular formula is C18H14F4N6O2. The maximum absolute atomic E-state index is 13.9. The lowest BCUT2D eigenvalue weighted by Crippen LogP contribution is -2.36. The van der Waals surface area contributed by atoms with Crippen LogP contribution in [0, 0.1) is 5.82 Å². The number of anilines is 2. The number of hydrogen-bond acceptors (Lipinski definition) is 5. The molecule has 0 aliphatic carbocycles. The average molecular weight is 422 g/mol. The van der Waals surface area contributed by atoms with Crippen molar-refractivity contribution in [2.75, 3.05) is 12.4 Å². The van der Waals surface area contributed by atoms with Gasteiger partial charge in [0.25, 0.3) is 5.91 Å². The van der Waals surface area contributed by atoms with E-state index in [1.807, 2.05) is 0 Å². The first-order valence-corrected chi connectivity index (χ1v) is 8.69. The number of carbonyl (C=O) groups is 2. The number of imidazole rings is 1. The minimum atomic E-state index is -4.76. The molecule has 0 saturated heterocycles. The highest BCUT2D eigenvalue weighted by atomic mass is 19.4. The van der Waals surface area contributed by atoms with Gasteiger partial charge >= 0.3 is 6.18 Å². The highest BCUT2D eigenvalue weighted by Crippen LogP contribution is 2.37. The van der Waals surface area contributed by atoms with Gasteiger partial charge in [-0.25, -0.2) is 14.4 Å². The zero-order valence-electron chi connectivity index (χ0n) is 15.4. The van der Waals surface area contributed by atoms with Gasteiger partial charge in [-0.3, -0.25) is 9.59 Å². The Hall–Kier alpha value is -3.70. The Morgan fingerprint density at radius 1 is 1.23 bits per heavy atom. The molecule has 3 aromatic rings. The zero-order valence-corrected chi connectivity index (χ0v) is 15.4. The Morgan fingerprint density at radius 2 is 2.00 bits per heavy atom. The molecule has 12 heteroatoms. The van der Waals surface area contributed by atoms with Gasteiger partial charge in [0.2, 0.25) is 11.7 Å². The second-order valence-corrected chi connectivity index (χ2v) is 6.50. The lowest BCUT2D eigenvalue weighted by molar-refractivity contribution is -0.136. The van der Waals surface area contributed by atoms with Crippen LogP contribution in [-0.4, -0.2) is 33.4 Å². The third-order valence-corrected chi connectivity index (χ3v) is 4.64. The summed E-state index contributed by atoms with van der Waals surface area (Å²) in [4.78, 5) is 32.1. The van der Waals surface area contributed by atoms with Gasteiger partial charge in [0.1, 0.15) is 18.2 Å². The van der Waals surface area contributed by atoms with E-state index in [4.69, 9.17) is 0 Å². The molecule has 30 heavy (non-hydrogen) atoms. The molecule has 1 aromatic carbocycles. The fourth-order valence-corrected chi connectivity index (χ4v) is 3.30. The van der Waals surface area contributed by atoms with E-state index in [1.165, 1.54) is 11.6 Å². The molecule has 0 saturated carbocycles. The summed E-state index contributed by atoms with van der Waals surface area (Å²) in [5.41, 5.74) is -0.701. The molecule has 1 aliphatic rings. The summed E-state index contributed by atoms with van der Waals surface area (Å²) >= 11 is 0. The van der Waals surface area contributed by atoms with Gasteiger partial charge in [0.15, 0.2) is 5.82 Å². The first-order chi connectivity index (χ1) is 14.2. The van der Waals surface area contributed by atoms with Crippen molar-refractivity contribution in [3.8, 4) is 0 Å². The number of nitrogens with one attached hydrogen (secondary N) is 3. The van der Waals surface area contributed by atoms with E-state index in [2.05, 4.69) is 25.9 Å². The Labute approximate surface area is 166 Å². The number of carbonyl (C=O) groups excluding carboxylic acids is 2. The Kier molecular flexibility index (Phi) is 4.56. The Morgan fingerprint density at radius 3 is 2.70 bits per heavy atom. The predicted octanol–water partition coefficient (Wildman–Crippen LogP) is 2.32. The third-order valence-electron chi connectivity index (χ3n) is 4.64. The molecule has 156 valence electrons. The SMILES string of the molecule is CNC(=O)c1nc(Nc2nccc3c(C(F)(F)F)cc(F)cc23)c2n1CC(=O)NC2. The molecule has 0 atom stereocenters. The Bertz CT molecular complexity index is 1190. The van der Waals surface area contributed by atoms with Gasteiger partial charge in [0, 0.05) is 18.6 Å². The molecule has 0 radical (unpaired) electrons. The van der Waals surface area contributed by atoms with Gasteiger partial charge in [-0.15, -0.1) is 0 Å². The molecule has 4 rings (SSSR count). The third kappa shape index (κ3) is 3.29. The lowest BCUT2D eigenvalue weighted by atomic mass is 10.0. The van der Waals surface area contributed by atoms with Crippen molar-refractivity contribution in [2.24, 2.45) is 0 Å². The Balaban J connectivity index is 1.85. The number of nitrogens with zero attached hydrogens (tertiary/aromatic N) is 3. The summed E-state index contributed by atoms with van der Waals surface area (Å²) < 4.78 is 55.4. The van der Waals surface area contributed by atoms with Crippen LogP contribution in [0.5, 0.6) is 0 Å². The van der Waals surface area contributed by atoms with E-state index in [1.54, 1.807) is 0 Å². The van der Waals surface area contributed by atoms with Gasteiger partial charge in [-0.1, -0.05) is 0 Å². The standard InChI is InChI=1S/C18H14F4N6O2/c1-23-17(30)16-27-15(12-6-25-13(29)7-28(12)16)26-14-10-4-8(19)5-11(18(20,21)22)9(10)2-3-24-14/h2-5H,6-7H2,1H3,(H,23,30)(H,24,26)(H,25,29). The van der Waals surface area contributed by atoms with Crippen molar-refractivity contribution in [2.45, 2.75) is 19.3 Å². The minimum absolute atomic E-state index is 0.0398. The average Bonchev–Trinajstić information content (AvgIpc) is 3.04. The number of rotatable bonds is 3.